The Morgan fingerprint density at radius 1 is 0.974 bits per heavy atom. The largest absolute Gasteiger partial charge is 0.441 e. The van der Waals surface area contributed by atoms with Gasteiger partial charge in [-0.15, -0.1) is 0 Å². The molecule has 0 bridgehead atoms. The van der Waals surface area contributed by atoms with E-state index in [1.54, 1.807) is 6.92 Å². The first-order valence-electron chi connectivity index (χ1n) is 13.0. The molecule has 0 aliphatic rings. The van der Waals surface area contributed by atoms with Gasteiger partial charge in [-0.3, -0.25) is 4.79 Å². The number of hydrogen-bond acceptors (Lipinski definition) is 5. The SMILES string of the molecule is CCc1cccc(CNC[C@H](O)[C@H](Cc2cc(F)cc(F)c2)NC(=O)Cc2nc(-c3ccccc3)oc2C)c1. The summed E-state index contributed by atoms with van der Waals surface area (Å²) in [6.45, 7) is 4.52. The molecule has 6 nitrogen and oxygen atoms in total. The highest BCUT2D eigenvalue weighted by Crippen LogP contribution is 2.22. The number of aromatic nitrogens is 1. The van der Waals surface area contributed by atoms with Gasteiger partial charge in [-0.1, -0.05) is 49.4 Å². The van der Waals surface area contributed by atoms with Crippen LogP contribution in [-0.2, 0) is 30.6 Å². The number of aliphatic hydroxyl groups excluding tert-OH is 1. The maximum Gasteiger partial charge on any atom is 0.226 e. The van der Waals surface area contributed by atoms with Gasteiger partial charge in [-0.2, -0.15) is 0 Å². The van der Waals surface area contributed by atoms with Crippen LogP contribution in [0.2, 0.25) is 0 Å². The van der Waals surface area contributed by atoms with Gasteiger partial charge >= 0.3 is 0 Å². The summed E-state index contributed by atoms with van der Waals surface area (Å²) in [6.07, 6.45) is -0.123. The van der Waals surface area contributed by atoms with E-state index in [1.807, 2.05) is 42.5 Å². The van der Waals surface area contributed by atoms with Crippen LogP contribution in [0.3, 0.4) is 0 Å². The summed E-state index contributed by atoms with van der Waals surface area (Å²) < 4.78 is 33.4. The van der Waals surface area contributed by atoms with Gasteiger partial charge in [-0.25, -0.2) is 13.8 Å². The Balaban J connectivity index is 1.44. The molecule has 0 aliphatic carbocycles. The number of amides is 1. The second-order valence-electron chi connectivity index (χ2n) is 9.59. The molecule has 0 spiro atoms. The summed E-state index contributed by atoms with van der Waals surface area (Å²) in [6, 6.07) is 19.9. The lowest BCUT2D eigenvalue weighted by Crippen LogP contribution is -2.49. The second-order valence-corrected chi connectivity index (χ2v) is 9.59. The molecular weight excluding hydrogens is 500 g/mol. The molecule has 0 fully saturated rings. The molecule has 4 rings (SSSR count). The molecule has 0 saturated carbocycles. The Bertz CT molecular complexity index is 1370. The first kappa shape index (κ1) is 28.1. The Morgan fingerprint density at radius 2 is 1.69 bits per heavy atom. The maximum atomic E-state index is 13.8. The number of carbonyl (C=O) groups excluding carboxylic acids is 1. The monoisotopic (exact) mass is 533 g/mol. The van der Waals surface area contributed by atoms with Crippen molar-refractivity contribution in [2.45, 2.75) is 51.8 Å². The zero-order valence-electron chi connectivity index (χ0n) is 22.1. The van der Waals surface area contributed by atoms with E-state index < -0.39 is 23.8 Å². The van der Waals surface area contributed by atoms with Crippen molar-refractivity contribution in [3.8, 4) is 11.5 Å². The van der Waals surface area contributed by atoms with Crippen LogP contribution >= 0.6 is 0 Å². The molecule has 3 aromatic carbocycles. The van der Waals surface area contributed by atoms with Gasteiger partial charge in [-0.05, 0) is 60.7 Å². The van der Waals surface area contributed by atoms with Crippen LogP contribution in [0.15, 0.2) is 77.2 Å². The van der Waals surface area contributed by atoms with Crippen molar-refractivity contribution in [3.05, 3.63) is 113 Å². The van der Waals surface area contributed by atoms with Gasteiger partial charge in [0.2, 0.25) is 11.8 Å². The van der Waals surface area contributed by atoms with Crippen LogP contribution in [0.5, 0.6) is 0 Å². The predicted molar refractivity (Wildman–Crippen MR) is 146 cm³/mol. The minimum atomic E-state index is -1.02. The van der Waals surface area contributed by atoms with E-state index in [2.05, 4.69) is 34.7 Å². The van der Waals surface area contributed by atoms with E-state index in [1.165, 1.54) is 17.7 Å². The Morgan fingerprint density at radius 3 is 2.41 bits per heavy atom. The van der Waals surface area contributed by atoms with E-state index >= 15 is 0 Å². The maximum absolute atomic E-state index is 13.8. The molecule has 1 aromatic heterocycles. The zero-order valence-corrected chi connectivity index (χ0v) is 22.1. The molecule has 1 heterocycles. The van der Waals surface area contributed by atoms with Crippen molar-refractivity contribution in [2.75, 3.05) is 6.54 Å². The fourth-order valence-electron chi connectivity index (χ4n) is 4.44. The minimum absolute atomic E-state index is 0.0433. The van der Waals surface area contributed by atoms with Crippen LogP contribution in [0, 0.1) is 18.6 Å². The van der Waals surface area contributed by atoms with E-state index in [9.17, 15) is 18.7 Å². The van der Waals surface area contributed by atoms with Crippen LogP contribution in [0.1, 0.15) is 35.1 Å². The number of aliphatic hydroxyl groups is 1. The van der Waals surface area contributed by atoms with Crippen molar-refractivity contribution < 1.29 is 23.1 Å². The third kappa shape index (κ3) is 8.05. The van der Waals surface area contributed by atoms with Gasteiger partial charge in [0.25, 0.3) is 0 Å². The molecule has 3 N–H and O–H groups in total. The summed E-state index contributed by atoms with van der Waals surface area (Å²) >= 11 is 0. The summed E-state index contributed by atoms with van der Waals surface area (Å²) in [5.41, 5.74) is 3.89. The molecule has 39 heavy (non-hydrogen) atoms. The van der Waals surface area contributed by atoms with Crippen molar-refractivity contribution in [1.82, 2.24) is 15.6 Å². The molecule has 204 valence electrons. The topological polar surface area (TPSA) is 87.4 Å². The van der Waals surface area contributed by atoms with Gasteiger partial charge in [0.15, 0.2) is 0 Å². The highest BCUT2D eigenvalue weighted by molar-refractivity contribution is 5.79. The minimum Gasteiger partial charge on any atom is -0.441 e. The van der Waals surface area contributed by atoms with E-state index in [-0.39, 0.29) is 25.3 Å². The fraction of sp³-hybridized carbons (Fsp3) is 0.290. The predicted octanol–water partition coefficient (Wildman–Crippen LogP) is 4.91. The summed E-state index contributed by atoms with van der Waals surface area (Å²) in [5.74, 6) is -0.888. The molecule has 1 amide bonds. The highest BCUT2D eigenvalue weighted by atomic mass is 19.1. The normalized spacial score (nSPS) is 12.7. The van der Waals surface area contributed by atoms with E-state index in [0.717, 1.165) is 23.6 Å². The van der Waals surface area contributed by atoms with Crippen molar-refractivity contribution in [2.24, 2.45) is 0 Å². The first-order chi connectivity index (χ1) is 18.8. The third-order valence-electron chi connectivity index (χ3n) is 6.51. The first-order valence-corrected chi connectivity index (χ1v) is 13.0. The number of rotatable bonds is 12. The lowest BCUT2D eigenvalue weighted by molar-refractivity contribution is -0.122. The lowest BCUT2D eigenvalue weighted by Gasteiger charge is -2.25. The molecule has 0 aliphatic heterocycles. The van der Waals surface area contributed by atoms with Crippen LogP contribution in [0.4, 0.5) is 8.78 Å². The summed E-state index contributed by atoms with van der Waals surface area (Å²) in [4.78, 5) is 17.5. The summed E-state index contributed by atoms with van der Waals surface area (Å²) in [7, 11) is 0. The summed E-state index contributed by atoms with van der Waals surface area (Å²) in [5, 5.41) is 17.1. The Hall–Kier alpha value is -3.88. The molecular formula is C31H33F2N3O3. The standard InChI is InChI=1S/C31H33F2N3O3/c1-3-21-8-7-9-22(12-21)18-34-19-29(37)28(15-23-13-25(32)16-26(33)14-23)35-30(38)17-27-20(2)39-31(36-27)24-10-5-4-6-11-24/h4-14,16,28-29,34,37H,3,15,17-19H2,1-2H3,(H,35,38)/t28-,29-/m0/s1. The number of oxazole rings is 1. The average molecular weight is 534 g/mol. The highest BCUT2D eigenvalue weighted by Gasteiger charge is 2.24. The Labute approximate surface area is 227 Å². The van der Waals surface area contributed by atoms with Crippen LogP contribution < -0.4 is 10.6 Å². The quantitative estimate of drug-likeness (QED) is 0.241. The number of carbonyl (C=O) groups is 1. The number of nitrogens with zero attached hydrogens (tertiary/aromatic N) is 1. The average Bonchev–Trinajstić information content (AvgIpc) is 3.28. The van der Waals surface area contributed by atoms with Gasteiger partial charge in [0.05, 0.1) is 24.3 Å². The van der Waals surface area contributed by atoms with Crippen molar-refractivity contribution in [1.29, 1.82) is 0 Å². The molecule has 2 atom stereocenters. The van der Waals surface area contributed by atoms with Crippen molar-refractivity contribution >= 4 is 5.91 Å². The fourth-order valence-corrected chi connectivity index (χ4v) is 4.44. The molecule has 0 unspecified atom stereocenters. The van der Waals surface area contributed by atoms with Gasteiger partial charge < -0.3 is 20.2 Å². The number of halogens is 2. The van der Waals surface area contributed by atoms with E-state index in [4.69, 9.17) is 4.42 Å². The number of benzene rings is 3. The number of aryl methyl sites for hydroxylation is 2. The third-order valence-corrected chi connectivity index (χ3v) is 6.51. The zero-order chi connectivity index (χ0) is 27.8. The molecule has 0 saturated heterocycles. The van der Waals surface area contributed by atoms with Gasteiger partial charge in [0.1, 0.15) is 17.4 Å². The molecule has 0 radical (unpaired) electrons. The van der Waals surface area contributed by atoms with Gasteiger partial charge in [0, 0.05) is 24.7 Å². The number of hydrogen-bond donors (Lipinski definition) is 3. The smallest absolute Gasteiger partial charge is 0.226 e. The lowest BCUT2D eigenvalue weighted by atomic mass is 10.00. The van der Waals surface area contributed by atoms with Crippen molar-refractivity contribution in [3.63, 3.8) is 0 Å². The molecule has 4 aromatic rings. The van der Waals surface area contributed by atoms with Crippen LogP contribution in [0.25, 0.3) is 11.5 Å². The van der Waals surface area contributed by atoms with E-state index in [0.29, 0.717) is 29.5 Å². The Kier molecular flexibility index (Phi) is 9.57. The molecule has 8 heteroatoms. The second kappa shape index (κ2) is 13.3. The number of nitrogens with one attached hydrogen (secondary N) is 2. The van der Waals surface area contributed by atoms with Crippen LogP contribution in [-0.4, -0.2) is 34.7 Å².